The molecule has 2 aromatic carbocycles. The predicted octanol–water partition coefficient (Wildman–Crippen LogP) is 3.00. The van der Waals surface area contributed by atoms with Gasteiger partial charge in [0, 0.05) is 11.4 Å². The minimum absolute atomic E-state index is 0.229. The second-order valence-electron chi connectivity index (χ2n) is 3.67. The number of halogens is 2. The summed E-state index contributed by atoms with van der Waals surface area (Å²) < 4.78 is 25.7. The first-order valence-corrected chi connectivity index (χ1v) is 5.23. The number of rotatable bonds is 2. The summed E-state index contributed by atoms with van der Waals surface area (Å²) in [7, 11) is 0. The molecule has 0 spiro atoms. The zero-order valence-corrected chi connectivity index (χ0v) is 9.40. The quantitative estimate of drug-likeness (QED) is 0.633. The van der Waals surface area contributed by atoms with Crippen molar-refractivity contribution >= 4 is 17.3 Å². The second kappa shape index (κ2) is 4.83. The van der Waals surface area contributed by atoms with Gasteiger partial charge >= 0.3 is 0 Å². The van der Waals surface area contributed by atoms with Gasteiger partial charge in [-0.05, 0) is 48.5 Å². The van der Waals surface area contributed by atoms with E-state index in [1.807, 2.05) is 0 Å². The van der Waals surface area contributed by atoms with E-state index in [1.54, 1.807) is 0 Å². The molecule has 18 heavy (non-hydrogen) atoms. The molecule has 0 atom stereocenters. The third-order valence-electron chi connectivity index (χ3n) is 2.41. The van der Waals surface area contributed by atoms with Gasteiger partial charge in [0.2, 0.25) is 0 Å². The third kappa shape index (κ3) is 2.45. The van der Waals surface area contributed by atoms with Crippen LogP contribution < -0.4 is 10.6 Å². The Labute approximate surface area is 103 Å². The number of nitrogens with one attached hydrogen (secondary N) is 1. The summed E-state index contributed by atoms with van der Waals surface area (Å²) in [6.45, 7) is 0. The van der Waals surface area contributed by atoms with Gasteiger partial charge in [-0.2, -0.15) is 0 Å². The molecule has 0 saturated heterocycles. The molecule has 0 unspecified atom stereocenters. The van der Waals surface area contributed by atoms with Crippen molar-refractivity contribution in [1.29, 1.82) is 5.41 Å². The Hall–Kier alpha value is -2.43. The summed E-state index contributed by atoms with van der Waals surface area (Å²) in [6.07, 6.45) is 0. The van der Waals surface area contributed by atoms with E-state index in [9.17, 15) is 8.78 Å². The third-order valence-corrected chi connectivity index (χ3v) is 2.41. The zero-order valence-electron chi connectivity index (χ0n) is 9.40. The van der Waals surface area contributed by atoms with E-state index in [1.165, 1.54) is 53.4 Å². The van der Waals surface area contributed by atoms with E-state index in [0.29, 0.717) is 11.4 Å². The lowest BCUT2D eigenvalue weighted by molar-refractivity contribution is 0.628. The van der Waals surface area contributed by atoms with Crippen molar-refractivity contribution in [3.8, 4) is 0 Å². The van der Waals surface area contributed by atoms with Gasteiger partial charge in [-0.15, -0.1) is 0 Å². The van der Waals surface area contributed by atoms with Crippen LogP contribution in [-0.4, -0.2) is 5.96 Å². The molecule has 0 aromatic heterocycles. The smallest absolute Gasteiger partial charge is 0.197 e. The summed E-state index contributed by atoms with van der Waals surface area (Å²) in [4.78, 5) is 1.39. The van der Waals surface area contributed by atoms with Crippen LogP contribution in [0.5, 0.6) is 0 Å². The molecule has 3 N–H and O–H groups in total. The summed E-state index contributed by atoms with van der Waals surface area (Å²) in [5.74, 6) is -0.976. The first-order valence-electron chi connectivity index (χ1n) is 5.23. The van der Waals surface area contributed by atoms with Gasteiger partial charge in [0.25, 0.3) is 0 Å². The highest BCUT2D eigenvalue weighted by Gasteiger charge is 2.12. The maximum atomic E-state index is 12.9. The molecule has 5 heteroatoms. The van der Waals surface area contributed by atoms with Crippen LogP contribution in [0, 0.1) is 17.0 Å². The Morgan fingerprint density at radius 1 is 0.833 bits per heavy atom. The molecule has 3 nitrogen and oxygen atoms in total. The topological polar surface area (TPSA) is 53.1 Å². The van der Waals surface area contributed by atoms with Crippen molar-refractivity contribution < 1.29 is 8.78 Å². The van der Waals surface area contributed by atoms with E-state index >= 15 is 0 Å². The van der Waals surface area contributed by atoms with Crippen LogP contribution >= 0.6 is 0 Å². The predicted molar refractivity (Wildman–Crippen MR) is 66.9 cm³/mol. The maximum absolute atomic E-state index is 12.9. The summed E-state index contributed by atoms with van der Waals surface area (Å²) in [5, 5.41) is 7.55. The van der Waals surface area contributed by atoms with E-state index in [2.05, 4.69) is 0 Å². The lowest BCUT2D eigenvalue weighted by Crippen LogP contribution is -2.32. The van der Waals surface area contributed by atoms with Crippen molar-refractivity contribution in [2.24, 2.45) is 5.73 Å². The Morgan fingerprint density at radius 3 is 1.44 bits per heavy atom. The van der Waals surface area contributed by atoms with E-state index in [4.69, 9.17) is 11.1 Å². The Kier molecular flexibility index (Phi) is 3.23. The van der Waals surface area contributed by atoms with Crippen LogP contribution in [0.1, 0.15) is 0 Å². The van der Waals surface area contributed by atoms with E-state index in [0.717, 1.165) is 0 Å². The minimum atomic E-state index is -0.374. The van der Waals surface area contributed by atoms with E-state index < -0.39 is 0 Å². The maximum Gasteiger partial charge on any atom is 0.197 e. The van der Waals surface area contributed by atoms with Crippen LogP contribution in [0.15, 0.2) is 48.5 Å². The highest BCUT2D eigenvalue weighted by molar-refractivity contribution is 5.99. The first kappa shape index (κ1) is 12.0. The zero-order chi connectivity index (χ0) is 13.1. The molecule has 0 saturated carbocycles. The molecule has 0 aliphatic heterocycles. The largest absolute Gasteiger partial charge is 0.369 e. The number of hydrogen-bond donors (Lipinski definition) is 2. The molecule has 0 fully saturated rings. The molecule has 92 valence electrons. The average Bonchev–Trinajstić information content (AvgIpc) is 2.34. The number of anilines is 2. The normalized spacial score (nSPS) is 10.1. The number of nitrogens with zero attached hydrogens (tertiary/aromatic N) is 1. The van der Waals surface area contributed by atoms with Gasteiger partial charge in [-0.3, -0.25) is 10.3 Å². The summed E-state index contributed by atoms with van der Waals surface area (Å²) >= 11 is 0. The molecule has 0 amide bonds. The molecule has 0 bridgehead atoms. The van der Waals surface area contributed by atoms with Gasteiger partial charge in [0.1, 0.15) is 11.6 Å². The average molecular weight is 247 g/mol. The lowest BCUT2D eigenvalue weighted by atomic mass is 10.2. The molecular formula is C13H11F2N3. The molecule has 0 heterocycles. The van der Waals surface area contributed by atoms with Crippen LogP contribution in [0.3, 0.4) is 0 Å². The first-order chi connectivity index (χ1) is 8.58. The number of guanidine groups is 1. The van der Waals surface area contributed by atoms with Crippen LogP contribution in [-0.2, 0) is 0 Å². The Balaban J connectivity index is 2.43. The molecular weight excluding hydrogens is 236 g/mol. The van der Waals surface area contributed by atoms with Crippen molar-refractivity contribution in [2.45, 2.75) is 0 Å². The fourth-order valence-electron chi connectivity index (χ4n) is 1.61. The Morgan fingerprint density at radius 2 is 1.17 bits per heavy atom. The van der Waals surface area contributed by atoms with Crippen molar-refractivity contribution in [1.82, 2.24) is 0 Å². The van der Waals surface area contributed by atoms with Gasteiger partial charge in [0.05, 0.1) is 0 Å². The highest BCUT2D eigenvalue weighted by Crippen LogP contribution is 2.25. The molecule has 0 aliphatic carbocycles. The molecule has 0 aliphatic rings. The second-order valence-corrected chi connectivity index (χ2v) is 3.67. The standard InChI is InChI=1S/C13H11F2N3/c14-9-1-5-11(6-2-9)18(13(16)17)12-7-3-10(15)4-8-12/h1-8H,(H3,16,17). The van der Waals surface area contributed by atoms with Gasteiger partial charge < -0.3 is 5.73 Å². The van der Waals surface area contributed by atoms with Crippen molar-refractivity contribution in [2.75, 3.05) is 4.90 Å². The fourth-order valence-corrected chi connectivity index (χ4v) is 1.61. The number of nitrogens with two attached hydrogens (primary N) is 1. The molecule has 0 radical (unpaired) electrons. The minimum Gasteiger partial charge on any atom is -0.369 e. The molecule has 2 rings (SSSR count). The lowest BCUT2D eigenvalue weighted by Gasteiger charge is -2.22. The van der Waals surface area contributed by atoms with Gasteiger partial charge in [0.15, 0.2) is 5.96 Å². The van der Waals surface area contributed by atoms with Crippen LogP contribution in [0.25, 0.3) is 0 Å². The van der Waals surface area contributed by atoms with Crippen molar-refractivity contribution in [3.63, 3.8) is 0 Å². The van der Waals surface area contributed by atoms with Crippen LogP contribution in [0.4, 0.5) is 20.2 Å². The number of benzene rings is 2. The van der Waals surface area contributed by atoms with Gasteiger partial charge in [-0.1, -0.05) is 0 Å². The molecule has 2 aromatic rings. The monoisotopic (exact) mass is 247 g/mol. The fraction of sp³-hybridized carbons (Fsp3) is 0. The highest BCUT2D eigenvalue weighted by atomic mass is 19.1. The van der Waals surface area contributed by atoms with Crippen molar-refractivity contribution in [3.05, 3.63) is 60.2 Å². The number of hydrogen-bond acceptors (Lipinski definition) is 1. The SMILES string of the molecule is N=C(N)N(c1ccc(F)cc1)c1ccc(F)cc1. The summed E-state index contributed by atoms with van der Waals surface area (Å²) in [6, 6.07) is 11.1. The summed E-state index contributed by atoms with van der Waals surface area (Å²) in [5.41, 5.74) is 6.57. The van der Waals surface area contributed by atoms with Gasteiger partial charge in [-0.25, -0.2) is 8.78 Å². The Bertz CT molecular complexity index is 504. The van der Waals surface area contributed by atoms with E-state index in [-0.39, 0.29) is 17.6 Å². The van der Waals surface area contributed by atoms with Crippen LogP contribution in [0.2, 0.25) is 0 Å².